The lowest BCUT2D eigenvalue weighted by molar-refractivity contribution is -0.137. The van der Waals surface area contributed by atoms with Gasteiger partial charge >= 0.3 is 5.97 Å². The molecule has 2 rings (SSSR count). The molecule has 0 aliphatic heterocycles. The Morgan fingerprint density at radius 1 is 1.44 bits per heavy atom. The molecule has 4 heteroatoms. The average Bonchev–Trinajstić information content (AvgIpc) is 2.61. The van der Waals surface area contributed by atoms with Crippen LogP contribution in [0.2, 0.25) is 0 Å². The van der Waals surface area contributed by atoms with Crippen molar-refractivity contribution in [2.45, 2.75) is 32.2 Å². The maximum absolute atomic E-state index is 11.0. The zero-order valence-corrected chi connectivity index (χ0v) is 10.5. The molecule has 18 heavy (non-hydrogen) atoms. The number of carbonyl (C=O) groups is 1. The monoisotopic (exact) mass is 247 g/mol. The average molecular weight is 247 g/mol. The number of benzene rings is 1. The second kappa shape index (κ2) is 4.82. The van der Waals surface area contributed by atoms with E-state index in [2.05, 4.69) is 0 Å². The number of hydrogen-bond acceptors (Lipinski definition) is 3. The number of nitrogens with two attached hydrogens (primary N) is 1. The number of rotatable bonds is 4. The van der Waals surface area contributed by atoms with Crippen molar-refractivity contribution >= 4 is 16.9 Å². The SMILES string of the molecule is Cc1oc2ccccc2c1C(CC(=O)O)C(C)N. The summed E-state index contributed by atoms with van der Waals surface area (Å²) < 4.78 is 5.66. The molecule has 0 saturated heterocycles. The van der Waals surface area contributed by atoms with Crippen molar-refractivity contribution in [2.24, 2.45) is 5.73 Å². The van der Waals surface area contributed by atoms with Gasteiger partial charge in [-0.2, -0.15) is 0 Å². The first-order valence-electron chi connectivity index (χ1n) is 5.96. The number of para-hydroxylation sites is 1. The minimum Gasteiger partial charge on any atom is -0.481 e. The highest BCUT2D eigenvalue weighted by Crippen LogP contribution is 2.34. The Kier molecular flexibility index (Phi) is 3.39. The number of aryl methyl sites for hydroxylation is 1. The molecule has 3 N–H and O–H groups in total. The quantitative estimate of drug-likeness (QED) is 0.870. The molecule has 0 aliphatic rings. The van der Waals surface area contributed by atoms with E-state index in [1.807, 2.05) is 38.1 Å². The molecule has 0 spiro atoms. The van der Waals surface area contributed by atoms with Crippen LogP contribution in [0.25, 0.3) is 11.0 Å². The summed E-state index contributed by atoms with van der Waals surface area (Å²) in [6.07, 6.45) is 0.0159. The van der Waals surface area contributed by atoms with Crippen molar-refractivity contribution in [1.82, 2.24) is 0 Å². The third-order valence-electron chi connectivity index (χ3n) is 3.22. The first kappa shape index (κ1) is 12.6. The summed E-state index contributed by atoms with van der Waals surface area (Å²) in [7, 11) is 0. The summed E-state index contributed by atoms with van der Waals surface area (Å²) in [6, 6.07) is 7.40. The molecule has 0 aliphatic carbocycles. The molecule has 96 valence electrons. The van der Waals surface area contributed by atoms with E-state index in [1.165, 1.54) is 0 Å². The fraction of sp³-hybridized carbons (Fsp3) is 0.357. The lowest BCUT2D eigenvalue weighted by Gasteiger charge is -2.18. The molecule has 0 bridgehead atoms. The van der Waals surface area contributed by atoms with Gasteiger partial charge < -0.3 is 15.3 Å². The Hall–Kier alpha value is -1.81. The molecule has 4 nitrogen and oxygen atoms in total. The number of fused-ring (bicyclic) bond motifs is 1. The summed E-state index contributed by atoms with van der Waals surface area (Å²) in [4.78, 5) is 11.0. The predicted octanol–water partition coefficient (Wildman–Crippen LogP) is 2.65. The Morgan fingerprint density at radius 2 is 2.11 bits per heavy atom. The van der Waals surface area contributed by atoms with Crippen molar-refractivity contribution in [1.29, 1.82) is 0 Å². The number of hydrogen-bond donors (Lipinski definition) is 2. The first-order chi connectivity index (χ1) is 8.50. The van der Waals surface area contributed by atoms with Gasteiger partial charge in [0.15, 0.2) is 0 Å². The molecule has 0 amide bonds. The van der Waals surface area contributed by atoms with Crippen molar-refractivity contribution < 1.29 is 14.3 Å². The van der Waals surface area contributed by atoms with E-state index in [4.69, 9.17) is 15.3 Å². The Balaban J connectivity index is 2.56. The van der Waals surface area contributed by atoms with Gasteiger partial charge in [0.05, 0.1) is 6.42 Å². The molecule has 1 heterocycles. The second-order valence-corrected chi connectivity index (χ2v) is 4.63. The van der Waals surface area contributed by atoms with Crippen molar-refractivity contribution in [3.05, 3.63) is 35.6 Å². The second-order valence-electron chi connectivity index (χ2n) is 4.63. The van der Waals surface area contributed by atoms with E-state index in [0.717, 1.165) is 22.3 Å². The highest BCUT2D eigenvalue weighted by Gasteiger charge is 2.25. The number of carboxylic acid groups (broad SMARTS) is 1. The van der Waals surface area contributed by atoms with Crippen LogP contribution in [-0.2, 0) is 4.79 Å². The Labute approximate surface area is 105 Å². The van der Waals surface area contributed by atoms with Crippen molar-refractivity contribution in [3.63, 3.8) is 0 Å². The van der Waals surface area contributed by atoms with E-state index in [1.54, 1.807) is 0 Å². The van der Waals surface area contributed by atoms with Gasteiger partial charge in [-0.15, -0.1) is 0 Å². The normalized spacial score (nSPS) is 14.6. The third kappa shape index (κ3) is 2.24. The lowest BCUT2D eigenvalue weighted by atomic mass is 9.88. The highest BCUT2D eigenvalue weighted by molar-refractivity contribution is 5.83. The molecular formula is C14H17NO3. The van der Waals surface area contributed by atoms with Gasteiger partial charge in [-0.05, 0) is 19.9 Å². The smallest absolute Gasteiger partial charge is 0.304 e. The van der Waals surface area contributed by atoms with Crippen LogP contribution in [0.5, 0.6) is 0 Å². The molecule has 2 atom stereocenters. The summed E-state index contributed by atoms with van der Waals surface area (Å²) >= 11 is 0. The zero-order valence-electron chi connectivity index (χ0n) is 10.5. The Bertz CT molecular complexity index is 571. The van der Waals surface area contributed by atoms with Crippen LogP contribution in [0.15, 0.2) is 28.7 Å². The van der Waals surface area contributed by atoms with Gasteiger partial charge in [0.25, 0.3) is 0 Å². The minimum absolute atomic E-state index is 0.0159. The van der Waals surface area contributed by atoms with Crippen molar-refractivity contribution in [2.75, 3.05) is 0 Å². The summed E-state index contributed by atoms with van der Waals surface area (Å²) in [5.74, 6) is -0.326. The number of carboxylic acids is 1. The highest BCUT2D eigenvalue weighted by atomic mass is 16.4. The fourth-order valence-electron chi connectivity index (χ4n) is 2.39. The van der Waals surface area contributed by atoms with Gasteiger partial charge in [0, 0.05) is 22.9 Å². The van der Waals surface area contributed by atoms with Gasteiger partial charge in [0.1, 0.15) is 11.3 Å². The van der Waals surface area contributed by atoms with E-state index >= 15 is 0 Å². The zero-order chi connectivity index (χ0) is 13.3. The van der Waals surface area contributed by atoms with Crippen molar-refractivity contribution in [3.8, 4) is 0 Å². The molecule has 0 saturated carbocycles. The molecule has 0 fully saturated rings. The van der Waals surface area contributed by atoms with Crippen LogP contribution in [0.4, 0.5) is 0 Å². The molecular weight excluding hydrogens is 230 g/mol. The summed E-state index contributed by atoms with van der Waals surface area (Å²) in [5.41, 5.74) is 7.63. The van der Waals surface area contributed by atoms with Crippen LogP contribution in [-0.4, -0.2) is 17.1 Å². The van der Waals surface area contributed by atoms with Crippen LogP contribution >= 0.6 is 0 Å². The number of aliphatic carboxylic acids is 1. The lowest BCUT2D eigenvalue weighted by Crippen LogP contribution is -2.27. The van der Waals surface area contributed by atoms with Gasteiger partial charge in [-0.25, -0.2) is 0 Å². The molecule has 1 aromatic heterocycles. The maximum atomic E-state index is 11.0. The summed E-state index contributed by atoms with van der Waals surface area (Å²) in [6.45, 7) is 3.68. The van der Waals surface area contributed by atoms with Crippen LogP contribution < -0.4 is 5.73 Å². The maximum Gasteiger partial charge on any atom is 0.304 e. The number of furan rings is 1. The summed E-state index contributed by atoms with van der Waals surface area (Å²) in [5, 5.41) is 9.97. The Morgan fingerprint density at radius 3 is 2.72 bits per heavy atom. The predicted molar refractivity (Wildman–Crippen MR) is 69.6 cm³/mol. The van der Waals surface area contributed by atoms with Gasteiger partial charge in [-0.3, -0.25) is 4.79 Å². The third-order valence-corrected chi connectivity index (χ3v) is 3.22. The van der Waals surface area contributed by atoms with Gasteiger partial charge in [-0.1, -0.05) is 18.2 Å². The minimum atomic E-state index is -0.845. The van der Waals surface area contributed by atoms with Crippen LogP contribution in [0.3, 0.4) is 0 Å². The van der Waals surface area contributed by atoms with Crippen LogP contribution in [0.1, 0.15) is 30.6 Å². The van der Waals surface area contributed by atoms with E-state index in [-0.39, 0.29) is 18.4 Å². The van der Waals surface area contributed by atoms with Gasteiger partial charge in [0.2, 0.25) is 0 Å². The molecule has 0 radical (unpaired) electrons. The molecule has 2 aromatic rings. The fourth-order valence-corrected chi connectivity index (χ4v) is 2.39. The van der Waals surface area contributed by atoms with E-state index in [9.17, 15) is 4.79 Å². The molecule has 1 aromatic carbocycles. The standard InChI is InChI=1S/C14H17NO3/c1-8(15)11(7-13(16)17)14-9(2)18-12-6-4-3-5-10(12)14/h3-6,8,11H,7,15H2,1-2H3,(H,16,17). The first-order valence-corrected chi connectivity index (χ1v) is 5.96. The van der Waals surface area contributed by atoms with Crippen LogP contribution in [0, 0.1) is 6.92 Å². The molecule has 2 unspecified atom stereocenters. The van der Waals surface area contributed by atoms with E-state index < -0.39 is 5.97 Å². The topological polar surface area (TPSA) is 76.5 Å². The largest absolute Gasteiger partial charge is 0.481 e. The van der Waals surface area contributed by atoms with E-state index in [0.29, 0.717) is 0 Å².